The van der Waals surface area contributed by atoms with Crippen LogP contribution in [-0.4, -0.2) is 15.0 Å². The van der Waals surface area contributed by atoms with E-state index in [4.69, 9.17) is 5.26 Å². The van der Waals surface area contributed by atoms with Gasteiger partial charge in [-0.05, 0) is 19.1 Å². The molecule has 2 aromatic heterocycles. The Labute approximate surface area is 102 Å². The Morgan fingerprint density at radius 3 is 3.00 bits per heavy atom. The van der Waals surface area contributed by atoms with Crippen LogP contribution in [0.5, 0.6) is 0 Å². The number of H-pyrrole nitrogens is 1. The molecule has 0 aliphatic heterocycles. The molecule has 3 aromatic rings. The summed E-state index contributed by atoms with van der Waals surface area (Å²) in [4.78, 5) is 12.9. The second-order valence-electron chi connectivity index (χ2n) is 3.64. The van der Waals surface area contributed by atoms with Crippen LogP contribution in [0, 0.1) is 18.3 Å². The van der Waals surface area contributed by atoms with E-state index in [0.29, 0.717) is 5.56 Å². The van der Waals surface area contributed by atoms with Crippen LogP contribution in [-0.2, 0) is 0 Å². The van der Waals surface area contributed by atoms with Crippen LogP contribution in [0.4, 0.5) is 0 Å². The predicted octanol–water partition coefficient (Wildman–Crippen LogP) is 2.87. The van der Waals surface area contributed by atoms with Crippen LogP contribution < -0.4 is 0 Å². The van der Waals surface area contributed by atoms with Crippen LogP contribution in [0.15, 0.2) is 24.4 Å². The number of nitriles is 1. The fourth-order valence-electron chi connectivity index (χ4n) is 1.71. The molecule has 1 N–H and O–H groups in total. The van der Waals surface area contributed by atoms with Gasteiger partial charge in [0.15, 0.2) is 0 Å². The van der Waals surface area contributed by atoms with Gasteiger partial charge in [-0.15, -0.1) is 11.3 Å². The number of aromatic amines is 1. The molecular formula is C12H8N4S. The van der Waals surface area contributed by atoms with E-state index >= 15 is 0 Å². The summed E-state index contributed by atoms with van der Waals surface area (Å²) in [5, 5.41) is 10.0. The molecule has 0 fully saturated rings. The molecule has 0 radical (unpaired) electrons. The summed E-state index contributed by atoms with van der Waals surface area (Å²) >= 11 is 1.58. The Kier molecular flexibility index (Phi) is 2.16. The number of aryl methyl sites for hydroxylation is 1. The minimum atomic E-state index is 0.589. The number of benzene rings is 1. The van der Waals surface area contributed by atoms with E-state index in [1.807, 2.05) is 19.1 Å². The van der Waals surface area contributed by atoms with Crippen LogP contribution in [0.1, 0.15) is 10.6 Å². The van der Waals surface area contributed by atoms with Crippen LogP contribution in [0.2, 0.25) is 0 Å². The summed E-state index contributed by atoms with van der Waals surface area (Å²) in [7, 11) is 0. The van der Waals surface area contributed by atoms with E-state index < -0.39 is 0 Å². The van der Waals surface area contributed by atoms with Crippen molar-refractivity contribution >= 4 is 22.4 Å². The van der Waals surface area contributed by atoms with Crippen molar-refractivity contribution in [2.75, 3.05) is 0 Å². The summed E-state index contributed by atoms with van der Waals surface area (Å²) < 4.78 is 0. The minimum absolute atomic E-state index is 0.589. The summed E-state index contributed by atoms with van der Waals surface area (Å²) in [6.07, 6.45) is 1.80. The van der Waals surface area contributed by atoms with Gasteiger partial charge >= 0.3 is 0 Å². The molecule has 17 heavy (non-hydrogen) atoms. The molecule has 4 nitrogen and oxygen atoms in total. The zero-order chi connectivity index (χ0) is 11.8. The molecule has 1 aromatic carbocycles. The van der Waals surface area contributed by atoms with Crippen molar-refractivity contribution in [3.05, 3.63) is 35.0 Å². The fraction of sp³-hybridized carbons (Fsp3) is 0.0833. The van der Waals surface area contributed by atoms with Gasteiger partial charge in [0, 0.05) is 6.20 Å². The van der Waals surface area contributed by atoms with Crippen molar-refractivity contribution in [2.24, 2.45) is 0 Å². The molecule has 0 amide bonds. The number of imidazole rings is 1. The average Bonchev–Trinajstić information content (AvgIpc) is 2.93. The van der Waals surface area contributed by atoms with Crippen molar-refractivity contribution in [3.8, 4) is 16.8 Å². The van der Waals surface area contributed by atoms with Gasteiger partial charge in [0.2, 0.25) is 0 Å². The lowest BCUT2D eigenvalue weighted by molar-refractivity contribution is 1.28. The Morgan fingerprint density at radius 2 is 2.29 bits per heavy atom. The molecule has 0 aliphatic carbocycles. The van der Waals surface area contributed by atoms with Crippen LogP contribution in [0.3, 0.4) is 0 Å². The number of nitrogens with zero attached hydrogens (tertiary/aromatic N) is 3. The number of hydrogen-bond acceptors (Lipinski definition) is 4. The molecule has 0 saturated heterocycles. The zero-order valence-corrected chi connectivity index (χ0v) is 9.88. The van der Waals surface area contributed by atoms with Crippen molar-refractivity contribution in [1.82, 2.24) is 15.0 Å². The second-order valence-corrected chi connectivity index (χ2v) is 4.88. The monoisotopic (exact) mass is 240 g/mol. The summed E-state index contributed by atoms with van der Waals surface area (Å²) in [6.45, 7) is 1.96. The van der Waals surface area contributed by atoms with Gasteiger partial charge in [0.05, 0.1) is 21.0 Å². The number of para-hydroxylation sites is 1. The maximum Gasteiger partial charge on any atom is 0.150 e. The standard InChI is InChI=1S/C12H8N4S/c1-7-14-6-10(17-7)12-15-9-4-2-3-8(5-13)11(9)16-12/h2-4,6H,1H3,(H,15,16). The number of thiazole rings is 1. The predicted molar refractivity (Wildman–Crippen MR) is 66.7 cm³/mol. The highest BCUT2D eigenvalue weighted by atomic mass is 32.1. The van der Waals surface area contributed by atoms with Gasteiger partial charge in [-0.3, -0.25) is 0 Å². The van der Waals surface area contributed by atoms with Gasteiger partial charge in [0.1, 0.15) is 17.4 Å². The van der Waals surface area contributed by atoms with E-state index in [1.165, 1.54) is 0 Å². The average molecular weight is 240 g/mol. The molecule has 0 unspecified atom stereocenters. The minimum Gasteiger partial charge on any atom is -0.337 e. The van der Waals surface area contributed by atoms with Crippen LogP contribution >= 0.6 is 11.3 Å². The third-order valence-corrected chi connectivity index (χ3v) is 3.41. The Bertz CT molecular complexity index is 732. The SMILES string of the molecule is Cc1ncc(-c2nc3c(C#N)cccc3[nH]2)s1. The van der Waals surface area contributed by atoms with Gasteiger partial charge in [-0.25, -0.2) is 9.97 Å². The molecule has 5 heteroatoms. The third-order valence-electron chi connectivity index (χ3n) is 2.49. The molecule has 2 heterocycles. The molecule has 0 atom stereocenters. The van der Waals surface area contributed by atoms with E-state index in [1.54, 1.807) is 23.6 Å². The summed E-state index contributed by atoms with van der Waals surface area (Å²) in [6, 6.07) is 7.68. The first-order chi connectivity index (χ1) is 8.28. The van der Waals surface area contributed by atoms with Gasteiger partial charge in [-0.2, -0.15) is 5.26 Å². The number of nitrogens with one attached hydrogen (secondary N) is 1. The Hall–Kier alpha value is -2.19. The van der Waals surface area contributed by atoms with Gasteiger partial charge < -0.3 is 4.98 Å². The molecule has 0 aliphatic rings. The summed E-state index contributed by atoms with van der Waals surface area (Å²) in [5.41, 5.74) is 2.19. The summed E-state index contributed by atoms with van der Waals surface area (Å²) in [5.74, 6) is 0.772. The lowest BCUT2D eigenvalue weighted by Crippen LogP contribution is -1.76. The topological polar surface area (TPSA) is 65.4 Å². The van der Waals surface area contributed by atoms with Gasteiger partial charge in [0.25, 0.3) is 0 Å². The third kappa shape index (κ3) is 1.59. The highest BCUT2D eigenvalue weighted by Crippen LogP contribution is 2.26. The Balaban J connectivity index is 2.24. The van der Waals surface area contributed by atoms with Crippen molar-refractivity contribution < 1.29 is 0 Å². The Morgan fingerprint density at radius 1 is 1.41 bits per heavy atom. The first kappa shape index (κ1) is 10.00. The van der Waals surface area contributed by atoms with Crippen molar-refractivity contribution in [1.29, 1.82) is 5.26 Å². The number of fused-ring (bicyclic) bond motifs is 1. The van der Waals surface area contributed by atoms with Crippen LogP contribution in [0.25, 0.3) is 21.7 Å². The van der Waals surface area contributed by atoms with Gasteiger partial charge in [-0.1, -0.05) is 6.07 Å². The largest absolute Gasteiger partial charge is 0.337 e. The first-order valence-corrected chi connectivity index (χ1v) is 5.91. The van der Waals surface area contributed by atoms with E-state index in [2.05, 4.69) is 21.0 Å². The smallest absolute Gasteiger partial charge is 0.150 e. The fourth-order valence-corrected chi connectivity index (χ4v) is 2.43. The van der Waals surface area contributed by atoms with Crippen molar-refractivity contribution in [2.45, 2.75) is 6.92 Å². The van der Waals surface area contributed by atoms with E-state index in [-0.39, 0.29) is 0 Å². The molecule has 0 bridgehead atoms. The van der Waals surface area contributed by atoms with E-state index in [9.17, 15) is 0 Å². The normalized spacial score (nSPS) is 10.6. The second kappa shape index (κ2) is 3.68. The zero-order valence-electron chi connectivity index (χ0n) is 9.06. The quantitative estimate of drug-likeness (QED) is 0.711. The van der Waals surface area contributed by atoms with Crippen molar-refractivity contribution in [3.63, 3.8) is 0 Å². The molecule has 0 spiro atoms. The molecule has 82 valence electrons. The lowest BCUT2D eigenvalue weighted by Gasteiger charge is -1.87. The molecular weight excluding hydrogens is 232 g/mol. The first-order valence-electron chi connectivity index (χ1n) is 5.09. The number of aromatic nitrogens is 3. The lowest BCUT2D eigenvalue weighted by atomic mass is 10.2. The number of rotatable bonds is 1. The maximum absolute atomic E-state index is 9.01. The molecule has 3 rings (SSSR count). The molecule has 0 saturated carbocycles. The number of hydrogen-bond donors (Lipinski definition) is 1. The highest BCUT2D eigenvalue weighted by Gasteiger charge is 2.10. The highest BCUT2D eigenvalue weighted by molar-refractivity contribution is 7.14. The maximum atomic E-state index is 9.01. The van der Waals surface area contributed by atoms with E-state index in [0.717, 1.165) is 26.7 Å².